The first kappa shape index (κ1) is 29.8. The van der Waals surface area contributed by atoms with Gasteiger partial charge in [-0.1, -0.05) is 0 Å². The third-order valence-corrected chi connectivity index (χ3v) is 1.46. The Labute approximate surface area is 179 Å². The maximum atomic E-state index is 10.6. The van der Waals surface area contributed by atoms with Gasteiger partial charge in [-0.15, -0.1) is 0 Å². The topological polar surface area (TPSA) is 193 Å². The Kier molecular flexibility index (Phi) is 19.8. The average molecular weight is 340 g/mol. The molecule has 0 saturated carbocycles. The predicted molar refractivity (Wildman–Crippen MR) is 42.5 cm³/mol. The number of ether oxygens (including phenoxy) is 1. The zero-order valence-electron chi connectivity index (χ0n) is 11.0. The number of hydrogen-bond donors (Lipinski definition) is 4. The summed E-state index contributed by atoms with van der Waals surface area (Å²) >= 11 is 0. The summed E-state index contributed by atoms with van der Waals surface area (Å²) in [6, 6.07) is 0. The summed E-state index contributed by atoms with van der Waals surface area (Å²) in [6.07, 6.45) is -2.88. The van der Waals surface area contributed by atoms with Crippen molar-refractivity contribution in [3.8, 4) is 0 Å². The van der Waals surface area contributed by atoms with Crippen LogP contribution in [0.5, 0.6) is 0 Å². The van der Waals surface area contributed by atoms with Crippen LogP contribution in [0.4, 0.5) is 0 Å². The average Bonchev–Trinajstić information content (AvgIpc) is 2.42. The summed E-state index contributed by atoms with van der Waals surface area (Å²) in [5, 5.41) is 36.8. The van der Waals surface area contributed by atoms with Crippen molar-refractivity contribution in [2.75, 3.05) is 6.61 Å². The van der Waals surface area contributed by atoms with Gasteiger partial charge < -0.3 is 44.4 Å². The van der Waals surface area contributed by atoms with E-state index in [1.54, 1.807) is 0 Å². The maximum absolute atomic E-state index is 10.6. The fourth-order valence-corrected chi connectivity index (χ4v) is 0.815. The Balaban J connectivity index is -0.000000141. The van der Waals surface area contributed by atoms with Gasteiger partial charge in [-0.3, -0.25) is 0 Å². The molecule has 0 aromatic carbocycles. The molecule has 1 rings (SSSR count). The molecule has 0 aromatic rings. The number of rotatable bonds is 2. The van der Waals surface area contributed by atoms with Gasteiger partial charge in [-0.05, 0) is 0 Å². The summed E-state index contributed by atoms with van der Waals surface area (Å²) < 4.78 is 12.9. The third kappa shape index (κ3) is 12.4. The summed E-state index contributed by atoms with van der Waals surface area (Å²) in [5.74, 6) is -3.25. The molecule has 100 valence electrons. The molecule has 20 heavy (non-hydrogen) atoms. The quantitative estimate of drug-likeness (QED) is 0.213. The van der Waals surface area contributed by atoms with Crippen molar-refractivity contribution in [2.45, 2.75) is 12.2 Å². The summed E-state index contributed by atoms with van der Waals surface area (Å²) in [7, 11) is -5.14. The van der Waals surface area contributed by atoms with Crippen LogP contribution in [0.2, 0.25) is 0 Å². The Bertz CT molecular complexity index is 360. The molecule has 0 bridgehead atoms. The number of cyclic esters (lactones) is 1. The minimum atomic E-state index is -5.14. The smallest absolute Gasteiger partial charge is 0.865 e. The van der Waals surface area contributed by atoms with Crippen LogP contribution in [-0.2, 0) is 14.1 Å². The number of aliphatic hydroxyl groups is 3. The molecule has 1 aliphatic rings. The van der Waals surface area contributed by atoms with E-state index in [9.17, 15) is 9.90 Å². The van der Waals surface area contributed by atoms with Crippen LogP contribution >= 0.6 is 7.82 Å². The van der Waals surface area contributed by atoms with Gasteiger partial charge in [0.2, 0.25) is 0 Å². The first-order valence-electron chi connectivity index (χ1n) is 3.92. The largest absolute Gasteiger partial charge is 1.00 e. The molecule has 10 nitrogen and oxygen atoms in total. The van der Waals surface area contributed by atoms with Crippen molar-refractivity contribution >= 4 is 13.8 Å². The summed E-state index contributed by atoms with van der Waals surface area (Å²) in [4.78, 5) is 34.8. The summed E-state index contributed by atoms with van der Waals surface area (Å²) in [6.45, 7) is -0.699. The Morgan fingerprint density at radius 2 is 1.65 bits per heavy atom. The number of carbonyl (C=O) groups is 1. The minimum absolute atomic E-state index is 0. The predicted octanol–water partition coefficient (Wildman–Crippen LogP) is -13.8. The van der Waals surface area contributed by atoms with Crippen molar-refractivity contribution < 1.29 is 138 Å². The van der Waals surface area contributed by atoms with Crippen molar-refractivity contribution in [3.63, 3.8) is 0 Å². The standard InChI is InChI=1S/C6H8O6.3Na.H3O4P/c7-1-2(8)5-3(9)4(10)6(11)12-5;;;;1-5(2,3)4/h2,5,7-10H,1H2;;;;(H3,1,2,3,4)/q;3*+1;/p-3/t2-,5+;;;;/m0..../s1. The van der Waals surface area contributed by atoms with Crippen molar-refractivity contribution in [1.29, 1.82) is 0 Å². The van der Waals surface area contributed by atoms with E-state index in [2.05, 4.69) is 4.74 Å². The van der Waals surface area contributed by atoms with Gasteiger partial charge in [0.1, 0.15) is 11.9 Å². The van der Waals surface area contributed by atoms with Gasteiger partial charge in [-0.2, -0.15) is 0 Å². The zero-order chi connectivity index (χ0) is 13.8. The molecule has 1 heterocycles. The number of aliphatic hydroxyl groups excluding tert-OH is 3. The molecular formula is C6H8Na3O10P. The fourth-order valence-electron chi connectivity index (χ4n) is 0.815. The monoisotopic (exact) mass is 340 g/mol. The van der Waals surface area contributed by atoms with E-state index in [-0.39, 0.29) is 88.7 Å². The van der Waals surface area contributed by atoms with Gasteiger partial charge in [0.15, 0.2) is 6.10 Å². The van der Waals surface area contributed by atoms with Crippen molar-refractivity contribution in [3.05, 3.63) is 11.5 Å². The molecule has 0 amide bonds. The Hall–Kier alpha value is 1.84. The van der Waals surface area contributed by atoms with Crippen LogP contribution in [0, 0.1) is 0 Å². The Morgan fingerprint density at radius 1 is 1.30 bits per heavy atom. The van der Waals surface area contributed by atoms with Crippen LogP contribution in [-0.4, -0.2) is 45.0 Å². The molecule has 0 aromatic heterocycles. The molecule has 4 N–H and O–H groups in total. The number of esters is 1. The van der Waals surface area contributed by atoms with Crippen LogP contribution in [0.3, 0.4) is 0 Å². The van der Waals surface area contributed by atoms with Crippen molar-refractivity contribution in [1.82, 2.24) is 0 Å². The molecule has 0 radical (unpaired) electrons. The van der Waals surface area contributed by atoms with Crippen molar-refractivity contribution in [2.24, 2.45) is 0 Å². The van der Waals surface area contributed by atoms with Crippen LogP contribution in [0.1, 0.15) is 0 Å². The molecule has 1 aliphatic heterocycles. The van der Waals surface area contributed by atoms with E-state index in [0.29, 0.717) is 0 Å². The molecule has 0 fully saturated rings. The molecule has 0 unspecified atom stereocenters. The molecule has 0 aliphatic carbocycles. The first-order valence-corrected chi connectivity index (χ1v) is 5.42. The second-order valence-electron chi connectivity index (χ2n) is 2.76. The van der Waals surface area contributed by atoms with Gasteiger partial charge in [0, 0.05) is 5.76 Å². The van der Waals surface area contributed by atoms with Gasteiger partial charge in [-0.25, -0.2) is 4.79 Å². The normalized spacial score (nSPS) is 18.4. The van der Waals surface area contributed by atoms with E-state index < -0.39 is 44.1 Å². The second-order valence-corrected chi connectivity index (χ2v) is 3.70. The van der Waals surface area contributed by atoms with E-state index in [0.717, 1.165) is 0 Å². The zero-order valence-corrected chi connectivity index (χ0v) is 17.9. The van der Waals surface area contributed by atoms with Gasteiger partial charge >= 0.3 is 94.6 Å². The third-order valence-electron chi connectivity index (χ3n) is 1.46. The summed E-state index contributed by atoms with van der Waals surface area (Å²) in [5.41, 5.74) is 0. The molecule has 14 heteroatoms. The van der Waals surface area contributed by atoms with Gasteiger partial charge in [0.25, 0.3) is 0 Å². The first-order chi connectivity index (χ1) is 7.57. The minimum Gasteiger partial charge on any atom is -0.865 e. The van der Waals surface area contributed by atoms with E-state index >= 15 is 0 Å². The molecule has 2 atom stereocenters. The van der Waals surface area contributed by atoms with Gasteiger partial charge in [0.05, 0.1) is 14.4 Å². The second kappa shape index (κ2) is 13.3. The fraction of sp³-hybridized carbons (Fsp3) is 0.500. The van der Waals surface area contributed by atoms with Crippen LogP contribution < -0.4 is 104 Å². The number of carbonyl (C=O) groups excluding carboxylic acids is 1. The van der Waals surface area contributed by atoms with E-state index in [1.807, 2.05) is 0 Å². The number of hydrogen-bond acceptors (Lipinski definition) is 9. The number of phosphoric acid groups is 1. The van der Waals surface area contributed by atoms with Crippen LogP contribution in [0.25, 0.3) is 0 Å². The SMILES string of the molecule is O=C1O[C@H]([C@@H](O)CO)C(O)=C1[O-].O=P([O-])([O-])O.[Na+].[Na+].[Na+]. The molecular weight excluding hydrogens is 332 g/mol. The van der Waals surface area contributed by atoms with E-state index in [4.69, 9.17) is 34.6 Å². The van der Waals surface area contributed by atoms with E-state index in [1.165, 1.54) is 0 Å². The Morgan fingerprint density at radius 3 is 1.85 bits per heavy atom. The molecule has 0 spiro atoms. The molecule has 0 saturated heterocycles. The maximum Gasteiger partial charge on any atom is 1.00 e. The van der Waals surface area contributed by atoms with Crippen LogP contribution in [0.15, 0.2) is 11.5 Å².